The van der Waals surface area contributed by atoms with Crippen molar-refractivity contribution in [3.8, 4) is 0 Å². The Labute approximate surface area is 113 Å². The first-order valence-electron chi connectivity index (χ1n) is 7.31. The Balaban J connectivity index is 1.79. The molecule has 5 atom stereocenters. The van der Waals surface area contributed by atoms with Gasteiger partial charge in [-0.05, 0) is 31.1 Å². The molecule has 0 spiro atoms. The maximum absolute atomic E-state index is 12.4. The number of nitrogens with zero attached hydrogens (tertiary/aromatic N) is 1. The predicted molar refractivity (Wildman–Crippen MR) is 70.2 cm³/mol. The summed E-state index contributed by atoms with van der Waals surface area (Å²) in [6.07, 6.45) is 5.16. The van der Waals surface area contributed by atoms with Crippen molar-refractivity contribution in [3.63, 3.8) is 0 Å². The monoisotopic (exact) mass is 263 g/mol. The van der Waals surface area contributed by atoms with Gasteiger partial charge in [-0.15, -0.1) is 0 Å². The number of esters is 1. The van der Waals surface area contributed by atoms with Crippen LogP contribution < -0.4 is 0 Å². The van der Waals surface area contributed by atoms with E-state index in [1.807, 2.05) is 4.90 Å². The minimum absolute atomic E-state index is 0.102. The molecule has 4 heteroatoms. The molecule has 19 heavy (non-hydrogen) atoms. The van der Waals surface area contributed by atoms with Gasteiger partial charge in [0.05, 0.1) is 6.04 Å². The minimum Gasteiger partial charge on any atom is -0.457 e. The van der Waals surface area contributed by atoms with Crippen LogP contribution in [0.25, 0.3) is 0 Å². The second-order valence-electron chi connectivity index (χ2n) is 5.98. The van der Waals surface area contributed by atoms with Crippen LogP contribution in [0.15, 0.2) is 12.7 Å². The van der Waals surface area contributed by atoms with Gasteiger partial charge in [-0.2, -0.15) is 0 Å². The third-order valence-corrected chi connectivity index (χ3v) is 5.02. The molecule has 1 saturated heterocycles. The molecule has 1 aliphatic heterocycles. The van der Waals surface area contributed by atoms with Gasteiger partial charge < -0.3 is 9.64 Å². The third kappa shape index (κ3) is 1.80. The van der Waals surface area contributed by atoms with Gasteiger partial charge in [-0.1, -0.05) is 19.9 Å². The summed E-state index contributed by atoms with van der Waals surface area (Å²) in [4.78, 5) is 25.9. The van der Waals surface area contributed by atoms with Crippen molar-refractivity contribution < 1.29 is 14.3 Å². The SMILES string of the molecule is C=CC(=O)OC1C2CC3C(=O)N(CCCC)C1C3C2. The van der Waals surface area contributed by atoms with E-state index in [1.54, 1.807) is 0 Å². The number of ether oxygens (including phenoxy) is 1. The molecule has 0 aromatic carbocycles. The van der Waals surface area contributed by atoms with Crippen LogP contribution >= 0.6 is 0 Å². The smallest absolute Gasteiger partial charge is 0.330 e. The Morgan fingerprint density at radius 2 is 2.32 bits per heavy atom. The molecule has 0 N–H and O–H groups in total. The maximum Gasteiger partial charge on any atom is 0.330 e. The van der Waals surface area contributed by atoms with E-state index >= 15 is 0 Å². The van der Waals surface area contributed by atoms with Crippen LogP contribution in [0.1, 0.15) is 32.6 Å². The normalized spacial score (nSPS) is 38.9. The van der Waals surface area contributed by atoms with E-state index in [9.17, 15) is 9.59 Å². The van der Waals surface area contributed by atoms with Gasteiger partial charge >= 0.3 is 5.97 Å². The van der Waals surface area contributed by atoms with Gasteiger partial charge in [-0.25, -0.2) is 4.79 Å². The summed E-state index contributed by atoms with van der Waals surface area (Å²) >= 11 is 0. The Morgan fingerprint density at radius 1 is 1.53 bits per heavy atom. The molecule has 3 aliphatic rings. The van der Waals surface area contributed by atoms with Crippen molar-refractivity contribution in [2.45, 2.75) is 44.8 Å². The number of hydrogen-bond donors (Lipinski definition) is 0. The van der Waals surface area contributed by atoms with Crippen LogP contribution in [0.3, 0.4) is 0 Å². The average Bonchev–Trinajstić information content (AvgIpc) is 3.01. The zero-order valence-corrected chi connectivity index (χ0v) is 11.4. The molecule has 4 nitrogen and oxygen atoms in total. The zero-order chi connectivity index (χ0) is 13.6. The molecule has 104 valence electrons. The quantitative estimate of drug-likeness (QED) is 0.561. The van der Waals surface area contributed by atoms with Gasteiger partial charge in [0.2, 0.25) is 5.91 Å². The van der Waals surface area contributed by atoms with E-state index in [4.69, 9.17) is 4.74 Å². The fraction of sp³-hybridized carbons (Fsp3) is 0.733. The van der Waals surface area contributed by atoms with Crippen LogP contribution in [0, 0.1) is 17.8 Å². The van der Waals surface area contributed by atoms with Crippen LogP contribution in [0.5, 0.6) is 0 Å². The molecule has 2 aliphatic carbocycles. The van der Waals surface area contributed by atoms with Crippen molar-refractivity contribution in [2.24, 2.45) is 17.8 Å². The molecule has 2 bridgehead atoms. The summed E-state index contributed by atoms with van der Waals surface area (Å²) in [7, 11) is 0. The molecule has 0 aromatic heterocycles. The highest BCUT2D eigenvalue weighted by Crippen LogP contribution is 2.56. The largest absolute Gasteiger partial charge is 0.457 e. The van der Waals surface area contributed by atoms with Crippen LogP contribution in [0.2, 0.25) is 0 Å². The molecular formula is C15H21NO3. The lowest BCUT2D eigenvalue weighted by Gasteiger charge is -2.31. The van der Waals surface area contributed by atoms with Crippen molar-refractivity contribution in [2.75, 3.05) is 6.54 Å². The molecule has 3 rings (SSSR count). The molecular weight excluding hydrogens is 242 g/mol. The number of likely N-dealkylation sites (tertiary alicyclic amines) is 1. The molecule has 0 aromatic rings. The first-order chi connectivity index (χ1) is 9.17. The van der Waals surface area contributed by atoms with E-state index < -0.39 is 0 Å². The summed E-state index contributed by atoms with van der Waals surface area (Å²) in [5.74, 6) is 0.925. The lowest BCUT2D eigenvalue weighted by Crippen LogP contribution is -2.44. The van der Waals surface area contributed by atoms with Gasteiger partial charge in [0.25, 0.3) is 0 Å². The Bertz CT molecular complexity index is 420. The second-order valence-corrected chi connectivity index (χ2v) is 5.98. The summed E-state index contributed by atoms with van der Waals surface area (Å²) in [5, 5.41) is 0. The van der Waals surface area contributed by atoms with E-state index in [2.05, 4.69) is 13.5 Å². The summed E-state index contributed by atoms with van der Waals surface area (Å²) in [6, 6.07) is 0.131. The molecule has 2 saturated carbocycles. The Kier molecular flexibility index (Phi) is 3.11. The van der Waals surface area contributed by atoms with Crippen LogP contribution in [-0.4, -0.2) is 35.5 Å². The van der Waals surface area contributed by atoms with E-state index in [0.29, 0.717) is 17.7 Å². The Hall–Kier alpha value is -1.32. The zero-order valence-electron chi connectivity index (χ0n) is 11.4. The minimum atomic E-state index is -0.358. The lowest BCUT2D eigenvalue weighted by atomic mass is 9.87. The highest BCUT2D eigenvalue weighted by Gasteiger charge is 2.64. The number of hydrogen-bond acceptors (Lipinski definition) is 3. The molecule has 5 unspecified atom stereocenters. The highest BCUT2D eigenvalue weighted by molar-refractivity contribution is 5.84. The molecule has 3 fully saturated rings. The van der Waals surface area contributed by atoms with E-state index in [0.717, 1.165) is 32.2 Å². The molecule has 0 radical (unpaired) electrons. The highest BCUT2D eigenvalue weighted by atomic mass is 16.5. The average molecular weight is 263 g/mol. The predicted octanol–water partition coefficient (Wildman–Crippen LogP) is 1.75. The summed E-state index contributed by atoms with van der Waals surface area (Å²) < 4.78 is 5.53. The van der Waals surface area contributed by atoms with Gasteiger partial charge in [-0.3, -0.25) is 4.79 Å². The summed E-state index contributed by atoms with van der Waals surface area (Å²) in [5.41, 5.74) is 0. The van der Waals surface area contributed by atoms with Crippen molar-refractivity contribution in [3.05, 3.63) is 12.7 Å². The van der Waals surface area contributed by atoms with Gasteiger partial charge in [0, 0.05) is 18.5 Å². The number of carbonyl (C=O) groups is 2. The molecule has 1 amide bonds. The molecule has 1 heterocycles. The number of unbranched alkanes of at least 4 members (excludes halogenated alkanes) is 1. The standard InChI is InChI=1S/C15H21NO3/c1-3-5-6-16-13-10-7-9(8-11(10)15(16)18)14(13)19-12(17)4-2/h4,9-11,13-14H,2-3,5-8H2,1H3. The third-order valence-electron chi connectivity index (χ3n) is 5.02. The number of amides is 1. The summed E-state index contributed by atoms with van der Waals surface area (Å²) in [6.45, 7) is 6.39. The van der Waals surface area contributed by atoms with Crippen LogP contribution in [-0.2, 0) is 14.3 Å². The number of carbonyl (C=O) groups excluding carboxylic acids is 2. The Morgan fingerprint density at radius 3 is 3.00 bits per heavy atom. The van der Waals surface area contributed by atoms with E-state index in [1.165, 1.54) is 6.08 Å². The van der Waals surface area contributed by atoms with Crippen molar-refractivity contribution >= 4 is 11.9 Å². The fourth-order valence-corrected chi connectivity index (χ4v) is 4.27. The number of fused-ring (bicyclic) bond motifs is 1. The number of rotatable bonds is 5. The van der Waals surface area contributed by atoms with Crippen LogP contribution in [0.4, 0.5) is 0 Å². The topological polar surface area (TPSA) is 46.6 Å². The first kappa shape index (κ1) is 12.7. The maximum atomic E-state index is 12.4. The second kappa shape index (κ2) is 4.66. The van der Waals surface area contributed by atoms with Crippen molar-refractivity contribution in [1.82, 2.24) is 4.90 Å². The van der Waals surface area contributed by atoms with Gasteiger partial charge in [0.15, 0.2) is 0 Å². The van der Waals surface area contributed by atoms with E-state index in [-0.39, 0.29) is 24.0 Å². The first-order valence-corrected chi connectivity index (χ1v) is 7.31. The van der Waals surface area contributed by atoms with Crippen molar-refractivity contribution in [1.29, 1.82) is 0 Å². The lowest BCUT2D eigenvalue weighted by molar-refractivity contribution is -0.149. The van der Waals surface area contributed by atoms with Gasteiger partial charge in [0.1, 0.15) is 6.10 Å². The fourth-order valence-electron chi connectivity index (χ4n) is 4.27.